The summed E-state index contributed by atoms with van der Waals surface area (Å²) < 4.78 is 60.6. The Hall–Kier alpha value is -3.30. The number of halogens is 2. The van der Waals surface area contributed by atoms with Gasteiger partial charge in [0.15, 0.2) is 11.5 Å². The Bertz CT molecular complexity index is 1480. The molecule has 3 aromatic carbocycles. The van der Waals surface area contributed by atoms with Crippen LogP contribution in [0.5, 0.6) is 11.5 Å². The van der Waals surface area contributed by atoms with Crippen LogP contribution in [0.2, 0.25) is 0 Å². The van der Waals surface area contributed by atoms with Crippen molar-refractivity contribution in [2.75, 3.05) is 13.3 Å². The second-order valence-electron chi connectivity index (χ2n) is 9.88. The number of benzene rings is 3. The van der Waals surface area contributed by atoms with Gasteiger partial charge in [-0.15, -0.1) is 8.78 Å². The first-order chi connectivity index (χ1) is 17.4. The minimum absolute atomic E-state index is 0.0332. The summed E-state index contributed by atoms with van der Waals surface area (Å²) in [5.74, 6) is -0.0494. The fourth-order valence-electron chi connectivity index (χ4n) is 4.71. The number of nitrogens with zero attached hydrogens (tertiary/aromatic N) is 1. The molecule has 9 heteroatoms. The van der Waals surface area contributed by atoms with Crippen LogP contribution in [0.1, 0.15) is 35.1 Å². The molecule has 0 saturated heterocycles. The van der Waals surface area contributed by atoms with E-state index < -0.39 is 21.7 Å². The number of fused-ring (bicyclic) bond motifs is 1. The Morgan fingerprint density at radius 3 is 2.24 bits per heavy atom. The van der Waals surface area contributed by atoms with E-state index in [1.54, 1.807) is 13.1 Å². The smallest absolute Gasteiger partial charge is 0.395 e. The molecule has 3 aromatic rings. The first kappa shape index (κ1) is 25.4. The molecule has 0 unspecified atom stereocenters. The van der Waals surface area contributed by atoms with Crippen molar-refractivity contribution < 1.29 is 31.5 Å². The van der Waals surface area contributed by atoms with Crippen LogP contribution in [-0.4, -0.2) is 38.1 Å². The summed E-state index contributed by atoms with van der Waals surface area (Å²) >= 11 is 0. The fraction of sp³-hybridized carbons (Fsp3) is 0.321. The van der Waals surface area contributed by atoms with Gasteiger partial charge in [0.05, 0.1) is 11.7 Å². The number of ketones is 1. The maximum Gasteiger partial charge on any atom is 0.586 e. The maximum absolute atomic E-state index is 13.4. The Morgan fingerprint density at radius 2 is 1.59 bits per heavy atom. The van der Waals surface area contributed by atoms with Crippen molar-refractivity contribution >= 4 is 15.8 Å². The van der Waals surface area contributed by atoms with Crippen molar-refractivity contribution in [1.82, 2.24) is 4.31 Å². The Kier molecular flexibility index (Phi) is 6.11. The molecule has 0 amide bonds. The van der Waals surface area contributed by atoms with Crippen molar-refractivity contribution in [2.45, 2.75) is 44.4 Å². The number of Topliss-reactive ketones (excluding diaryl/α,β-unsaturated/α-hetero) is 1. The van der Waals surface area contributed by atoms with Gasteiger partial charge in [-0.2, -0.15) is 0 Å². The van der Waals surface area contributed by atoms with Crippen molar-refractivity contribution in [3.05, 3.63) is 82.9 Å². The predicted octanol–water partition coefficient (Wildman–Crippen LogP) is 5.22. The molecular formula is C28H27F2NO5S. The highest BCUT2D eigenvalue weighted by atomic mass is 32.2. The van der Waals surface area contributed by atoms with Gasteiger partial charge in [0.25, 0.3) is 0 Å². The Labute approximate surface area is 214 Å². The van der Waals surface area contributed by atoms with Crippen LogP contribution in [0.4, 0.5) is 8.78 Å². The summed E-state index contributed by atoms with van der Waals surface area (Å²) in [4.78, 5) is 13.4. The third-order valence-electron chi connectivity index (χ3n) is 7.14. The van der Waals surface area contributed by atoms with E-state index in [0.29, 0.717) is 18.4 Å². The monoisotopic (exact) mass is 527 g/mol. The summed E-state index contributed by atoms with van der Waals surface area (Å²) in [6, 6.07) is 18.2. The maximum atomic E-state index is 13.4. The second kappa shape index (κ2) is 8.92. The summed E-state index contributed by atoms with van der Waals surface area (Å²) in [5, 5.41) is 0. The topological polar surface area (TPSA) is 72.9 Å². The van der Waals surface area contributed by atoms with Crippen molar-refractivity contribution in [1.29, 1.82) is 0 Å². The van der Waals surface area contributed by atoms with Gasteiger partial charge in [-0.25, -0.2) is 12.7 Å². The zero-order valence-electron chi connectivity index (χ0n) is 20.8. The second-order valence-corrected chi connectivity index (χ2v) is 12.0. The molecule has 1 fully saturated rings. The minimum atomic E-state index is -3.69. The summed E-state index contributed by atoms with van der Waals surface area (Å²) in [6.07, 6.45) is -0.987. The molecule has 5 rings (SSSR count). The van der Waals surface area contributed by atoms with Gasteiger partial charge in [-0.05, 0) is 65.3 Å². The first-order valence-electron chi connectivity index (χ1n) is 11.9. The number of hydrogen-bond acceptors (Lipinski definition) is 5. The average Bonchev–Trinajstić information content (AvgIpc) is 3.57. The summed E-state index contributed by atoms with van der Waals surface area (Å²) in [5.41, 5.74) is 4.71. The number of ether oxygens (including phenoxy) is 2. The molecule has 1 aliphatic carbocycles. The van der Waals surface area contributed by atoms with Crippen LogP contribution in [-0.2, 0) is 33.2 Å². The molecule has 2 aliphatic rings. The Morgan fingerprint density at radius 1 is 0.946 bits per heavy atom. The number of rotatable bonds is 8. The van der Waals surface area contributed by atoms with E-state index >= 15 is 0 Å². The molecule has 0 aromatic heterocycles. The average molecular weight is 528 g/mol. The first-order valence-corrected chi connectivity index (χ1v) is 13.7. The molecule has 0 atom stereocenters. The molecule has 1 saturated carbocycles. The van der Waals surface area contributed by atoms with Crippen molar-refractivity contribution in [2.24, 2.45) is 0 Å². The third-order valence-corrected chi connectivity index (χ3v) is 8.40. The largest absolute Gasteiger partial charge is 0.586 e. The van der Waals surface area contributed by atoms with Crippen LogP contribution in [0.25, 0.3) is 11.1 Å². The van der Waals surface area contributed by atoms with Crippen LogP contribution < -0.4 is 9.47 Å². The van der Waals surface area contributed by atoms with Crippen molar-refractivity contribution in [3.63, 3.8) is 0 Å². The molecule has 194 valence electrons. The van der Waals surface area contributed by atoms with Crippen LogP contribution in [0, 0.1) is 6.92 Å². The minimum Gasteiger partial charge on any atom is -0.395 e. The van der Waals surface area contributed by atoms with Gasteiger partial charge < -0.3 is 9.47 Å². The van der Waals surface area contributed by atoms with Crippen LogP contribution in [0.3, 0.4) is 0 Å². The molecule has 0 spiro atoms. The quantitative estimate of drug-likeness (QED) is 0.402. The molecule has 0 radical (unpaired) electrons. The van der Waals surface area contributed by atoms with E-state index in [0.717, 1.165) is 27.8 Å². The van der Waals surface area contributed by atoms with Gasteiger partial charge in [-0.3, -0.25) is 4.79 Å². The number of carbonyl (C=O) groups excluding carboxylic acids is 1. The van der Waals surface area contributed by atoms with E-state index in [9.17, 15) is 22.0 Å². The van der Waals surface area contributed by atoms with Gasteiger partial charge in [0.1, 0.15) is 5.78 Å². The SMILES string of the molecule is Cc1ccc(CC(=O)C2(c3ccc4c(c3)OC(F)(F)O4)CC2)cc1-c1ccc(CN(C)S(C)(=O)=O)cc1. The lowest BCUT2D eigenvalue weighted by Crippen LogP contribution is -2.26. The van der Waals surface area contributed by atoms with E-state index in [4.69, 9.17) is 0 Å². The van der Waals surface area contributed by atoms with Gasteiger partial charge >= 0.3 is 6.29 Å². The lowest BCUT2D eigenvalue weighted by Gasteiger charge is -2.16. The highest BCUT2D eigenvalue weighted by molar-refractivity contribution is 7.88. The molecule has 1 aliphatic heterocycles. The number of sulfonamides is 1. The number of carbonyl (C=O) groups is 1. The van der Waals surface area contributed by atoms with E-state index in [-0.39, 0.29) is 30.2 Å². The summed E-state index contributed by atoms with van der Waals surface area (Å²) in [7, 11) is -1.73. The standard InChI is InChI=1S/C28H27F2NO5S/c1-18-4-5-20(14-23(18)21-8-6-19(7-9-21)17-31(2)37(3,33)34)15-26(32)27(12-13-27)22-10-11-24-25(16-22)36-28(29,30)35-24/h4-11,14,16H,12-13,15,17H2,1-3H3. The third kappa shape index (κ3) is 5.10. The van der Waals surface area contributed by atoms with E-state index in [1.807, 2.05) is 49.4 Å². The van der Waals surface area contributed by atoms with Gasteiger partial charge in [0, 0.05) is 20.0 Å². The van der Waals surface area contributed by atoms with Crippen LogP contribution in [0.15, 0.2) is 60.7 Å². The zero-order valence-corrected chi connectivity index (χ0v) is 21.6. The molecule has 37 heavy (non-hydrogen) atoms. The molecule has 0 N–H and O–H groups in total. The predicted molar refractivity (Wildman–Crippen MR) is 135 cm³/mol. The van der Waals surface area contributed by atoms with Gasteiger partial charge in [-0.1, -0.05) is 48.5 Å². The molecular weight excluding hydrogens is 500 g/mol. The number of aryl methyl sites for hydroxylation is 1. The van der Waals surface area contributed by atoms with E-state index in [1.165, 1.54) is 22.7 Å². The molecule has 1 heterocycles. The fourth-order valence-corrected chi connectivity index (χ4v) is 5.09. The number of hydrogen-bond donors (Lipinski definition) is 0. The van der Waals surface area contributed by atoms with E-state index in [2.05, 4.69) is 9.47 Å². The highest BCUT2D eigenvalue weighted by Gasteiger charge is 2.52. The molecule has 0 bridgehead atoms. The lowest BCUT2D eigenvalue weighted by molar-refractivity contribution is -0.286. The lowest BCUT2D eigenvalue weighted by atomic mass is 9.87. The van der Waals surface area contributed by atoms with Gasteiger partial charge in [0.2, 0.25) is 10.0 Å². The number of alkyl halides is 2. The highest BCUT2D eigenvalue weighted by Crippen LogP contribution is 2.52. The van der Waals surface area contributed by atoms with Crippen molar-refractivity contribution in [3.8, 4) is 22.6 Å². The summed E-state index contributed by atoms with van der Waals surface area (Å²) in [6.45, 7) is 2.28. The normalized spacial score (nSPS) is 17.1. The zero-order chi connectivity index (χ0) is 26.6. The Balaban J connectivity index is 1.33. The molecule has 6 nitrogen and oxygen atoms in total. The van der Waals surface area contributed by atoms with Crippen LogP contribution >= 0.6 is 0 Å².